The molecule has 3 heterocycles. The second kappa shape index (κ2) is 11.9. The molecule has 0 saturated carbocycles. The molecular formula is C47H28N4O2. The van der Waals surface area contributed by atoms with Gasteiger partial charge in [0.1, 0.15) is 6.10 Å². The van der Waals surface area contributed by atoms with Crippen LogP contribution in [-0.4, -0.2) is 16.7 Å². The largest absolute Gasteiger partial charge is 0.342 e. The van der Waals surface area contributed by atoms with Gasteiger partial charge in [-0.3, -0.25) is 9.69 Å². The molecule has 1 amide bonds. The molecule has 248 valence electrons. The zero-order valence-electron chi connectivity index (χ0n) is 28.3. The van der Waals surface area contributed by atoms with Crippen molar-refractivity contribution in [3.63, 3.8) is 0 Å². The van der Waals surface area contributed by atoms with E-state index in [0.29, 0.717) is 16.7 Å². The molecule has 2 aliphatic rings. The lowest BCUT2D eigenvalue weighted by Crippen LogP contribution is -2.38. The lowest BCUT2D eigenvalue weighted by Gasteiger charge is -2.28. The minimum absolute atomic E-state index is 0.107. The number of carbonyl (C=O) groups is 1. The Labute approximate surface area is 305 Å². The highest BCUT2D eigenvalue weighted by Crippen LogP contribution is 2.51. The van der Waals surface area contributed by atoms with Gasteiger partial charge in [-0.2, -0.15) is 10.5 Å². The molecular weight excluding hydrogens is 653 g/mol. The van der Waals surface area contributed by atoms with Crippen molar-refractivity contribution in [1.82, 2.24) is 4.57 Å². The van der Waals surface area contributed by atoms with Gasteiger partial charge in [0.15, 0.2) is 6.23 Å². The number of hydrogen-bond donors (Lipinski definition) is 0. The van der Waals surface area contributed by atoms with Crippen LogP contribution in [0.2, 0.25) is 0 Å². The van der Waals surface area contributed by atoms with E-state index >= 15 is 0 Å². The van der Waals surface area contributed by atoms with E-state index in [-0.39, 0.29) is 18.2 Å². The highest BCUT2D eigenvalue weighted by Gasteiger charge is 2.54. The number of epoxide rings is 1. The molecule has 1 fully saturated rings. The Morgan fingerprint density at radius 3 is 1.70 bits per heavy atom. The Bertz CT molecular complexity index is 2780. The normalized spacial score (nSPS) is 15.8. The van der Waals surface area contributed by atoms with E-state index in [4.69, 9.17) is 4.74 Å². The van der Waals surface area contributed by atoms with Crippen molar-refractivity contribution >= 4 is 33.4 Å². The van der Waals surface area contributed by atoms with E-state index in [1.165, 1.54) is 0 Å². The average Bonchev–Trinajstić information content (AvgIpc) is 3.96. The van der Waals surface area contributed by atoms with Gasteiger partial charge in [-0.25, -0.2) is 0 Å². The van der Waals surface area contributed by atoms with Crippen LogP contribution in [0.15, 0.2) is 158 Å². The maximum atomic E-state index is 14.9. The molecule has 1 aromatic heterocycles. The number of fused-ring (bicyclic) bond motifs is 6. The molecule has 0 bridgehead atoms. The predicted octanol–water partition coefficient (Wildman–Crippen LogP) is 10.6. The van der Waals surface area contributed by atoms with Gasteiger partial charge in [0.2, 0.25) is 0 Å². The molecule has 2 atom stereocenters. The van der Waals surface area contributed by atoms with Crippen molar-refractivity contribution in [2.75, 3.05) is 4.90 Å². The molecule has 2 aliphatic heterocycles. The Morgan fingerprint density at radius 2 is 1.08 bits per heavy atom. The summed E-state index contributed by atoms with van der Waals surface area (Å²) in [5.41, 5.74) is 12.1. The fourth-order valence-electron chi connectivity index (χ4n) is 7.89. The van der Waals surface area contributed by atoms with Gasteiger partial charge in [0.25, 0.3) is 5.91 Å². The fraction of sp³-hybridized carbons (Fsp3) is 0.0426. The SMILES string of the molecule is N#Cc1cccc(-c2ccc3c(c2)c2cc(-c4cccc(C#N)c4)ccc2n3-c2cccc3c2C(=O)N(c2cccc(-c4ccccc4)c2)C2OC32)c1. The number of aromatic nitrogens is 1. The van der Waals surface area contributed by atoms with Crippen LogP contribution < -0.4 is 4.90 Å². The maximum Gasteiger partial charge on any atom is 0.263 e. The Balaban J connectivity index is 1.17. The van der Waals surface area contributed by atoms with Crippen LogP contribution in [0.4, 0.5) is 5.69 Å². The first-order chi connectivity index (χ1) is 26.1. The number of ether oxygens (including phenoxy) is 1. The Morgan fingerprint density at radius 1 is 0.528 bits per heavy atom. The predicted molar refractivity (Wildman–Crippen MR) is 207 cm³/mol. The number of nitrogens with zero attached hydrogens (tertiary/aromatic N) is 4. The molecule has 0 radical (unpaired) electrons. The summed E-state index contributed by atoms with van der Waals surface area (Å²) in [5, 5.41) is 21.2. The molecule has 53 heavy (non-hydrogen) atoms. The number of amides is 1. The first-order valence-electron chi connectivity index (χ1n) is 17.5. The van der Waals surface area contributed by atoms with Crippen LogP contribution in [0, 0.1) is 22.7 Å². The monoisotopic (exact) mass is 680 g/mol. The zero-order chi connectivity index (χ0) is 35.6. The summed E-state index contributed by atoms with van der Waals surface area (Å²) in [6, 6.07) is 56.7. The van der Waals surface area contributed by atoms with E-state index in [1.807, 2.05) is 84.9 Å². The van der Waals surface area contributed by atoms with Gasteiger partial charge < -0.3 is 9.30 Å². The maximum absolute atomic E-state index is 14.9. The van der Waals surface area contributed by atoms with Crippen molar-refractivity contribution in [3.8, 4) is 51.2 Å². The molecule has 2 unspecified atom stereocenters. The van der Waals surface area contributed by atoms with E-state index in [9.17, 15) is 15.3 Å². The molecule has 6 nitrogen and oxygen atoms in total. The van der Waals surface area contributed by atoms with Crippen molar-refractivity contribution in [3.05, 3.63) is 180 Å². The van der Waals surface area contributed by atoms with Crippen LogP contribution >= 0.6 is 0 Å². The quantitative estimate of drug-likeness (QED) is 0.169. The molecule has 0 aliphatic carbocycles. The van der Waals surface area contributed by atoms with Crippen molar-refractivity contribution in [2.24, 2.45) is 0 Å². The number of rotatable bonds is 5. The van der Waals surface area contributed by atoms with E-state index in [0.717, 1.165) is 72.1 Å². The van der Waals surface area contributed by atoms with Crippen molar-refractivity contribution in [2.45, 2.75) is 12.3 Å². The highest BCUT2D eigenvalue weighted by atomic mass is 16.6. The molecule has 0 N–H and O–H groups in total. The van der Waals surface area contributed by atoms with Crippen LogP contribution in [0.1, 0.15) is 33.2 Å². The highest BCUT2D eigenvalue weighted by molar-refractivity contribution is 6.15. The summed E-state index contributed by atoms with van der Waals surface area (Å²) in [6.07, 6.45) is -0.595. The van der Waals surface area contributed by atoms with Gasteiger partial charge in [-0.15, -0.1) is 0 Å². The third-order valence-electron chi connectivity index (χ3n) is 10.4. The number of anilines is 1. The first-order valence-corrected chi connectivity index (χ1v) is 17.5. The average molecular weight is 681 g/mol. The van der Waals surface area contributed by atoms with E-state index < -0.39 is 0 Å². The molecule has 7 aromatic carbocycles. The van der Waals surface area contributed by atoms with Gasteiger partial charge in [-0.1, -0.05) is 91.0 Å². The van der Waals surface area contributed by atoms with Crippen LogP contribution in [-0.2, 0) is 4.74 Å². The summed E-state index contributed by atoms with van der Waals surface area (Å²) in [5.74, 6) is -0.107. The van der Waals surface area contributed by atoms with E-state index in [1.54, 1.807) is 17.0 Å². The van der Waals surface area contributed by atoms with Gasteiger partial charge in [0.05, 0.1) is 45.5 Å². The number of nitriles is 2. The third-order valence-corrected chi connectivity index (χ3v) is 10.4. The third kappa shape index (κ3) is 4.93. The van der Waals surface area contributed by atoms with Crippen LogP contribution in [0.3, 0.4) is 0 Å². The summed E-state index contributed by atoms with van der Waals surface area (Å²) >= 11 is 0. The summed E-state index contributed by atoms with van der Waals surface area (Å²) < 4.78 is 8.44. The number of carbonyl (C=O) groups excluding carboxylic acids is 1. The van der Waals surface area contributed by atoms with Gasteiger partial charge in [0, 0.05) is 22.0 Å². The van der Waals surface area contributed by atoms with Gasteiger partial charge >= 0.3 is 0 Å². The Hall–Kier alpha value is -7.25. The summed E-state index contributed by atoms with van der Waals surface area (Å²) in [4.78, 5) is 16.7. The first kappa shape index (κ1) is 30.6. The number of hydrogen-bond acceptors (Lipinski definition) is 4. The molecule has 1 saturated heterocycles. The smallest absolute Gasteiger partial charge is 0.263 e. The summed E-state index contributed by atoms with van der Waals surface area (Å²) in [7, 11) is 0. The fourth-order valence-corrected chi connectivity index (χ4v) is 7.89. The molecule has 6 heteroatoms. The lowest BCUT2D eigenvalue weighted by atomic mass is 9.95. The summed E-state index contributed by atoms with van der Waals surface area (Å²) in [6.45, 7) is 0. The Kier molecular flexibility index (Phi) is 6.88. The molecule has 0 spiro atoms. The lowest BCUT2D eigenvalue weighted by molar-refractivity contribution is 0.0974. The van der Waals surface area contributed by atoms with Crippen LogP contribution in [0.25, 0.3) is 60.9 Å². The number of benzene rings is 7. The minimum atomic E-state index is -0.368. The van der Waals surface area contributed by atoms with Gasteiger partial charge in [-0.05, 0) is 100 Å². The minimum Gasteiger partial charge on any atom is -0.342 e. The van der Waals surface area contributed by atoms with Crippen LogP contribution in [0.5, 0.6) is 0 Å². The standard InChI is InChI=1S/C47H28N4O2/c48-27-29-8-4-12-32(22-29)35-18-20-41-39(25-35)40-26-36(33-13-5-9-30(23-33)28-49)19-21-42(40)51(41)43-17-7-16-38-44(43)46(52)50(47-45(38)53-47)37-15-6-14-34(24-37)31-10-2-1-3-11-31/h1-26,45,47H. The topological polar surface area (TPSA) is 85.3 Å². The van der Waals surface area contributed by atoms with Crippen molar-refractivity contribution in [1.29, 1.82) is 10.5 Å². The van der Waals surface area contributed by atoms with E-state index in [2.05, 4.69) is 77.4 Å². The second-order valence-corrected chi connectivity index (χ2v) is 13.5. The second-order valence-electron chi connectivity index (χ2n) is 13.5. The van der Waals surface area contributed by atoms with Crippen molar-refractivity contribution < 1.29 is 9.53 Å². The molecule has 10 rings (SSSR count). The zero-order valence-corrected chi connectivity index (χ0v) is 28.3. The molecule has 8 aromatic rings.